The molecule has 20 heavy (non-hydrogen) atoms. The molecule has 2 rings (SSSR count). The summed E-state index contributed by atoms with van der Waals surface area (Å²) in [5.41, 5.74) is 0.104. The number of nitrogens with zero attached hydrogens (tertiary/aromatic N) is 1. The number of fused-ring (bicyclic) bond motifs is 1. The minimum absolute atomic E-state index is 0.281. The van der Waals surface area contributed by atoms with Gasteiger partial charge in [-0.05, 0) is 44.4 Å². The second kappa shape index (κ2) is 5.00. The Morgan fingerprint density at radius 1 is 1.30 bits per heavy atom. The van der Waals surface area contributed by atoms with Gasteiger partial charge in [0.2, 0.25) is 0 Å². The van der Waals surface area contributed by atoms with Gasteiger partial charge < -0.3 is 15.0 Å². The predicted molar refractivity (Wildman–Crippen MR) is 76.7 cm³/mol. The van der Waals surface area contributed by atoms with Crippen molar-refractivity contribution < 1.29 is 14.7 Å². The number of rotatable bonds is 4. The molecule has 0 bridgehead atoms. The molecule has 0 aliphatic rings. The predicted octanol–water partition coefficient (Wildman–Crippen LogP) is 2.49. The summed E-state index contributed by atoms with van der Waals surface area (Å²) in [6.45, 7) is 5.17. The summed E-state index contributed by atoms with van der Waals surface area (Å²) in [7, 11) is 0. The van der Waals surface area contributed by atoms with Gasteiger partial charge in [-0.25, -0.2) is 4.79 Å². The van der Waals surface area contributed by atoms with Crippen molar-refractivity contribution in [2.75, 3.05) is 6.54 Å². The van der Waals surface area contributed by atoms with E-state index in [1.807, 2.05) is 12.1 Å². The lowest BCUT2D eigenvalue weighted by molar-refractivity contribution is -0.147. The van der Waals surface area contributed by atoms with Crippen LogP contribution in [0.3, 0.4) is 0 Å². The lowest BCUT2D eigenvalue weighted by Gasteiger charge is -2.34. The molecule has 1 heterocycles. The number of amides is 1. The van der Waals surface area contributed by atoms with Crippen LogP contribution in [0.1, 0.15) is 31.1 Å². The minimum Gasteiger partial charge on any atom is -0.480 e. The molecule has 2 aromatic rings. The SMILES string of the molecule is CCN(C(=O)c1ccc2cc[nH]c2c1)C(C)(C)C(=O)O. The number of aromatic amines is 1. The molecular formula is C15H18N2O3. The largest absolute Gasteiger partial charge is 0.480 e. The van der Waals surface area contributed by atoms with E-state index in [0.717, 1.165) is 10.9 Å². The summed E-state index contributed by atoms with van der Waals surface area (Å²) >= 11 is 0. The van der Waals surface area contributed by atoms with Gasteiger partial charge in [-0.15, -0.1) is 0 Å². The molecule has 0 fully saturated rings. The summed E-state index contributed by atoms with van der Waals surface area (Å²) in [6.07, 6.45) is 1.80. The number of benzene rings is 1. The number of carbonyl (C=O) groups is 2. The number of nitrogens with one attached hydrogen (secondary N) is 1. The first-order valence-electron chi connectivity index (χ1n) is 6.50. The molecule has 0 radical (unpaired) electrons. The fraction of sp³-hybridized carbons (Fsp3) is 0.333. The fourth-order valence-corrected chi connectivity index (χ4v) is 2.24. The Morgan fingerprint density at radius 2 is 2.00 bits per heavy atom. The highest BCUT2D eigenvalue weighted by atomic mass is 16.4. The van der Waals surface area contributed by atoms with Crippen LogP contribution in [0.2, 0.25) is 0 Å². The smallest absolute Gasteiger partial charge is 0.329 e. The molecular weight excluding hydrogens is 256 g/mol. The zero-order valence-electron chi connectivity index (χ0n) is 11.8. The van der Waals surface area contributed by atoms with E-state index in [9.17, 15) is 14.7 Å². The van der Waals surface area contributed by atoms with Crippen LogP contribution in [0.25, 0.3) is 10.9 Å². The number of hydrogen-bond acceptors (Lipinski definition) is 2. The van der Waals surface area contributed by atoms with E-state index in [1.165, 1.54) is 18.7 Å². The van der Waals surface area contributed by atoms with Crippen LogP contribution in [0.5, 0.6) is 0 Å². The van der Waals surface area contributed by atoms with Crippen LogP contribution in [0.4, 0.5) is 0 Å². The van der Waals surface area contributed by atoms with Crippen molar-refractivity contribution in [3.8, 4) is 0 Å². The topological polar surface area (TPSA) is 73.4 Å². The number of aromatic nitrogens is 1. The molecule has 106 valence electrons. The normalized spacial score (nSPS) is 11.6. The minimum atomic E-state index is -1.24. The maximum Gasteiger partial charge on any atom is 0.329 e. The van der Waals surface area contributed by atoms with Crippen molar-refractivity contribution in [3.63, 3.8) is 0 Å². The van der Waals surface area contributed by atoms with E-state index in [2.05, 4.69) is 4.98 Å². The zero-order valence-corrected chi connectivity index (χ0v) is 11.8. The van der Waals surface area contributed by atoms with Crippen molar-refractivity contribution in [3.05, 3.63) is 36.0 Å². The lowest BCUT2D eigenvalue weighted by Crippen LogP contribution is -2.52. The van der Waals surface area contributed by atoms with Gasteiger partial charge in [-0.3, -0.25) is 4.79 Å². The van der Waals surface area contributed by atoms with Crippen molar-refractivity contribution in [1.29, 1.82) is 0 Å². The van der Waals surface area contributed by atoms with Crippen LogP contribution in [0, 0.1) is 0 Å². The standard InChI is InChI=1S/C15H18N2O3/c1-4-17(15(2,3)14(19)20)13(18)11-6-5-10-7-8-16-12(10)9-11/h5-9,16H,4H2,1-3H3,(H,19,20). The first-order chi connectivity index (χ1) is 9.37. The summed E-state index contributed by atoms with van der Waals surface area (Å²) in [4.78, 5) is 28.3. The average molecular weight is 274 g/mol. The molecule has 0 aliphatic heterocycles. The summed E-state index contributed by atoms with van der Waals surface area (Å²) in [6, 6.07) is 7.24. The first kappa shape index (κ1) is 14.1. The number of H-pyrrole nitrogens is 1. The number of carboxylic acid groups (broad SMARTS) is 1. The van der Waals surface area contributed by atoms with Gasteiger partial charge in [0, 0.05) is 23.8 Å². The number of hydrogen-bond donors (Lipinski definition) is 2. The summed E-state index contributed by atoms with van der Waals surface area (Å²) < 4.78 is 0. The lowest BCUT2D eigenvalue weighted by atomic mass is 10.0. The fourth-order valence-electron chi connectivity index (χ4n) is 2.24. The highest BCUT2D eigenvalue weighted by molar-refractivity contribution is 6.00. The number of aliphatic carboxylic acids is 1. The Hall–Kier alpha value is -2.30. The zero-order chi connectivity index (χ0) is 14.9. The molecule has 5 nitrogen and oxygen atoms in total. The third-order valence-electron chi connectivity index (χ3n) is 3.56. The van der Waals surface area contributed by atoms with E-state index in [4.69, 9.17) is 0 Å². The van der Waals surface area contributed by atoms with Crippen molar-refractivity contribution in [2.45, 2.75) is 26.3 Å². The maximum atomic E-state index is 12.5. The molecule has 0 aliphatic carbocycles. The average Bonchev–Trinajstić information content (AvgIpc) is 2.85. The van der Waals surface area contributed by atoms with Crippen LogP contribution < -0.4 is 0 Å². The van der Waals surface area contributed by atoms with Crippen LogP contribution in [-0.2, 0) is 4.79 Å². The van der Waals surface area contributed by atoms with E-state index in [-0.39, 0.29) is 5.91 Å². The molecule has 0 atom stereocenters. The molecule has 2 N–H and O–H groups in total. The van der Waals surface area contributed by atoms with Crippen LogP contribution >= 0.6 is 0 Å². The van der Waals surface area contributed by atoms with E-state index >= 15 is 0 Å². The second-order valence-electron chi connectivity index (χ2n) is 5.19. The molecule has 1 aromatic carbocycles. The van der Waals surface area contributed by atoms with Crippen molar-refractivity contribution >= 4 is 22.8 Å². The molecule has 5 heteroatoms. The molecule has 1 amide bonds. The molecule has 1 aromatic heterocycles. The molecule has 0 saturated carbocycles. The van der Waals surface area contributed by atoms with Crippen LogP contribution in [-0.4, -0.2) is 39.0 Å². The van der Waals surface area contributed by atoms with E-state index in [1.54, 1.807) is 25.3 Å². The quantitative estimate of drug-likeness (QED) is 0.899. The summed E-state index contributed by atoms with van der Waals surface area (Å²) in [5.74, 6) is -1.30. The summed E-state index contributed by atoms with van der Waals surface area (Å²) in [5, 5.41) is 10.3. The monoisotopic (exact) mass is 274 g/mol. The number of carbonyl (C=O) groups excluding carboxylic acids is 1. The van der Waals surface area contributed by atoms with Gasteiger partial charge in [-0.2, -0.15) is 0 Å². The Kier molecular flexibility index (Phi) is 3.53. The molecule has 0 unspecified atom stereocenters. The third kappa shape index (κ3) is 2.27. The van der Waals surface area contributed by atoms with Gasteiger partial charge in [0.05, 0.1) is 0 Å². The number of carboxylic acids is 1. The Bertz CT molecular complexity index is 658. The van der Waals surface area contributed by atoms with Crippen LogP contribution in [0.15, 0.2) is 30.5 Å². The van der Waals surface area contributed by atoms with Crippen molar-refractivity contribution in [1.82, 2.24) is 9.88 Å². The Balaban J connectivity index is 2.39. The van der Waals surface area contributed by atoms with E-state index < -0.39 is 11.5 Å². The highest BCUT2D eigenvalue weighted by Crippen LogP contribution is 2.21. The third-order valence-corrected chi connectivity index (χ3v) is 3.56. The van der Waals surface area contributed by atoms with Crippen molar-refractivity contribution in [2.24, 2.45) is 0 Å². The second-order valence-corrected chi connectivity index (χ2v) is 5.19. The first-order valence-corrected chi connectivity index (χ1v) is 6.50. The van der Waals surface area contributed by atoms with E-state index in [0.29, 0.717) is 12.1 Å². The maximum absolute atomic E-state index is 12.5. The van der Waals surface area contributed by atoms with Gasteiger partial charge in [0.1, 0.15) is 5.54 Å². The Morgan fingerprint density at radius 3 is 2.60 bits per heavy atom. The van der Waals surface area contributed by atoms with Gasteiger partial charge in [0.15, 0.2) is 0 Å². The van der Waals surface area contributed by atoms with Gasteiger partial charge >= 0.3 is 5.97 Å². The van der Waals surface area contributed by atoms with Gasteiger partial charge in [0.25, 0.3) is 5.91 Å². The highest BCUT2D eigenvalue weighted by Gasteiger charge is 2.37. The van der Waals surface area contributed by atoms with Gasteiger partial charge in [-0.1, -0.05) is 6.07 Å². The Labute approximate surface area is 117 Å². The number of likely N-dealkylation sites (N-methyl/N-ethyl adjacent to an activating group) is 1. The molecule has 0 saturated heterocycles. The molecule has 0 spiro atoms.